The van der Waals surface area contributed by atoms with Crippen molar-refractivity contribution in [3.63, 3.8) is 0 Å². The average Bonchev–Trinajstić information content (AvgIpc) is 2.47. The van der Waals surface area contributed by atoms with Crippen LogP contribution in [-0.4, -0.2) is 17.1 Å². The molecule has 2 aromatic heterocycles. The van der Waals surface area contributed by atoms with Crippen LogP contribution in [-0.2, 0) is 0 Å². The Labute approximate surface area is 67.7 Å². The zero-order chi connectivity index (χ0) is 7.68. The highest BCUT2D eigenvalue weighted by molar-refractivity contribution is 7.17. The molecule has 0 aliphatic heterocycles. The number of rotatable bonds is 1. The van der Waals surface area contributed by atoms with Crippen LogP contribution < -0.4 is 4.74 Å². The lowest BCUT2D eigenvalue weighted by Gasteiger charge is -1.92. The fraction of sp³-hybridized carbons (Fsp3) is 0.143. The van der Waals surface area contributed by atoms with Crippen LogP contribution in [0.1, 0.15) is 0 Å². The van der Waals surface area contributed by atoms with Crippen LogP contribution in [0.25, 0.3) is 10.2 Å². The first-order valence-corrected chi connectivity index (χ1v) is 4.01. The van der Waals surface area contributed by atoms with Crippen molar-refractivity contribution in [1.82, 2.24) is 9.97 Å². The van der Waals surface area contributed by atoms with Crippen LogP contribution >= 0.6 is 11.3 Å². The standard InChI is InChI=1S/C7H6N2OS/c1-10-5-3-11-6-2-8-4-9-7(5)6/h2-4H,1H3. The Bertz CT molecular complexity index is 371. The van der Waals surface area contributed by atoms with E-state index in [4.69, 9.17) is 4.74 Å². The first-order chi connectivity index (χ1) is 5.42. The molecule has 0 atom stereocenters. The van der Waals surface area contributed by atoms with E-state index in [-0.39, 0.29) is 0 Å². The van der Waals surface area contributed by atoms with Gasteiger partial charge in [-0.15, -0.1) is 11.3 Å². The number of ether oxygens (including phenoxy) is 1. The molecule has 0 N–H and O–H groups in total. The van der Waals surface area contributed by atoms with E-state index in [9.17, 15) is 0 Å². The second kappa shape index (κ2) is 2.47. The Kier molecular flexibility index (Phi) is 1.47. The average molecular weight is 166 g/mol. The van der Waals surface area contributed by atoms with Gasteiger partial charge in [0.15, 0.2) is 5.75 Å². The summed E-state index contributed by atoms with van der Waals surface area (Å²) in [5.74, 6) is 0.826. The molecular formula is C7H6N2OS. The molecule has 56 valence electrons. The molecule has 2 rings (SSSR count). The predicted octanol–water partition coefficient (Wildman–Crippen LogP) is 1.70. The van der Waals surface area contributed by atoms with Crippen LogP contribution in [0.3, 0.4) is 0 Å². The summed E-state index contributed by atoms with van der Waals surface area (Å²) in [6, 6.07) is 0. The van der Waals surface area contributed by atoms with Crippen molar-refractivity contribution in [3.8, 4) is 5.75 Å². The summed E-state index contributed by atoms with van der Waals surface area (Å²) in [4.78, 5) is 7.99. The zero-order valence-electron chi connectivity index (χ0n) is 5.94. The van der Waals surface area contributed by atoms with E-state index in [0.29, 0.717) is 0 Å². The SMILES string of the molecule is COc1csc2cncnc12. The molecule has 0 spiro atoms. The van der Waals surface area contributed by atoms with Crippen molar-refractivity contribution in [1.29, 1.82) is 0 Å². The van der Waals surface area contributed by atoms with Crippen molar-refractivity contribution in [2.24, 2.45) is 0 Å². The van der Waals surface area contributed by atoms with E-state index in [1.807, 2.05) is 5.38 Å². The summed E-state index contributed by atoms with van der Waals surface area (Å²) in [5, 5.41) is 1.93. The largest absolute Gasteiger partial charge is 0.494 e. The highest BCUT2D eigenvalue weighted by atomic mass is 32.1. The summed E-state index contributed by atoms with van der Waals surface area (Å²) >= 11 is 1.59. The third-order valence-corrected chi connectivity index (χ3v) is 2.31. The first kappa shape index (κ1) is 6.54. The molecule has 0 saturated heterocycles. The van der Waals surface area contributed by atoms with E-state index < -0.39 is 0 Å². The van der Waals surface area contributed by atoms with Gasteiger partial charge in [-0.05, 0) is 0 Å². The van der Waals surface area contributed by atoms with E-state index in [0.717, 1.165) is 16.0 Å². The van der Waals surface area contributed by atoms with Gasteiger partial charge in [0.25, 0.3) is 0 Å². The smallest absolute Gasteiger partial charge is 0.155 e. The van der Waals surface area contributed by atoms with Gasteiger partial charge in [0.1, 0.15) is 11.8 Å². The van der Waals surface area contributed by atoms with Crippen LogP contribution in [0.5, 0.6) is 5.75 Å². The van der Waals surface area contributed by atoms with Crippen molar-refractivity contribution < 1.29 is 4.74 Å². The Morgan fingerprint density at radius 2 is 2.45 bits per heavy atom. The molecule has 0 aliphatic rings. The van der Waals surface area contributed by atoms with Gasteiger partial charge in [0.2, 0.25) is 0 Å². The van der Waals surface area contributed by atoms with E-state index >= 15 is 0 Å². The zero-order valence-corrected chi connectivity index (χ0v) is 6.76. The highest BCUT2D eigenvalue weighted by Gasteiger charge is 2.03. The number of thiophene rings is 1. The van der Waals surface area contributed by atoms with Gasteiger partial charge in [-0.2, -0.15) is 0 Å². The minimum atomic E-state index is 0.826. The van der Waals surface area contributed by atoms with Gasteiger partial charge < -0.3 is 4.74 Å². The Morgan fingerprint density at radius 3 is 3.27 bits per heavy atom. The maximum Gasteiger partial charge on any atom is 0.155 e. The molecule has 0 bridgehead atoms. The van der Waals surface area contributed by atoms with Crippen molar-refractivity contribution in [3.05, 3.63) is 17.9 Å². The van der Waals surface area contributed by atoms with Gasteiger partial charge in [-0.3, -0.25) is 0 Å². The molecule has 3 nitrogen and oxygen atoms in total. The Morgan fingerprint density at radius 1 is 1.55 bits per heavy atom. The summed E-state index contributed by atoms with van der Waals surface area (Å²) in [6.07, 6.45) is 3.31. The minimum absolute atomic E-state index is 0.826. The van der Waals surface area contributed by atoms with Crippen molar-refractivity contribution in [2.45, 2.75) is 0 Å². The molecule has 0 radical (unpaired) electrons. The lowest BCUT2D eigenvalue weighted by atomic mass is 10.4. The normalized spacial score (nSPS) is 10.3. The van der Waals surface area contributed by atoms with Gasteiger partial charge in [-0.25, -0.2) is 9.97 Å². The monoisotopic (exact) mass is 166 g/mol. The third kappa shape index (κ3) is 0.952. The van der Waals surface area contributed by atoms with E-state index in [1.54, 1.807) is 24.6 Å². The number of nitrogens with zero attached hydrogens (tertiary/aromatic N) is 2. The lowest BCUT2D eigenvalue weighted by molar-refractivity contribution is 0.420. The second-order valence-corrected chi connectivity index (χ2v) is 2.95. The van der Waals surface area contributed by atoms with Crippen LogP contribution in [0.4, 0.5) is 0 Å². The molecule has 0 amide bonds. The van der Waals surface area contributed by atoms with Gasteiger partial charge >= 0.3 is 0 Å². The van der Waals surface area contributed by atoms with Crippen LogP contribution in [0.2, 0.25) is 0 Å². The molecule has 0 fully saturated rings. The molecule has 0 aromatic carbocycles. The molecular weight excluding hydrogens is 160 g/mol. The second-order valence-electron chi connectivity index (χ2n) is 2.04. The Balaban J connectivity index is 2.76. The van der Waals surface area contributed by atoms with Gasteiger partial charge in [-0.1, -0.05) is 0 Å². The van der Waals surface area contributed by atoms with E-state index in [1.165, 1.54) is 6.33 Å². The summed E-state index contributed by atoms with van der Waals surface area (Å²) in [6.45, 7) is 0. The predicted molar refractivity (Wildman–Crippen MR) is 44.0 cm³/mol. The molecule has 4 heteroatoms. The fourth-order valence-electron chi connectivity index (χ4n) is 0.906. The van der Waals surface area contributed by atoms with Gasteiger partial charge in [0.05, 0.1) is 11.8 Å². The third-order valence-electron chi connectivity index (χ3n) is 1.42. The summed E-state index contributed by atoms with van der Waals surface area (Å²) in [7, 11) is 1.64. The first-order valence-electron chi connectivity index (χ1n) is 3.13. The van der Waals surface area contributed by atoms with Crippen LogP contribution in [0, 0.1) is 0 Å². The minimum Gasteiger partial charge on any atom is -0.494 e. The summed E-state index contributed by atoms with van der Waals surface area (Å²) in [5.41, 5.74) is 0.896. The molecule has 2 heterocycles. The number of methoxy groups -OCH3 is 1. The van der Waals surface area contributed by atoms with Gasteiger partial charge in [0, 0.05) is 11.6 Å². The van der Waals surface area contributed by atoms with Crippen molar-refractivity contribution >= 4 is 21.6 Å². The Hall–Kier alpha value is -1.16. The van der Waals surface area contributed by atoms with Crippen molar-refractivity contribution in [2.75, 3.05) is 7.11 Å². The van der Waals surface area contributed by atoms with E-state index in [2.05, 4.69) is 9.97 Å². The quantitative estimate of drug-likeness (QED) is 0.646. The molecule has 0 saturated carbocycles. The maximum atomic E-state index is 5.09. The lowest BCUT2D eigenvalue weighted by Crippen LogP contribution is -1.81. The number of aromatic nitrogens is 2. The maximum absolute atomic E-state index is 5.09. The fourth-order valence-corrected chi connectivity index (χ4v) is 1.73. The topological polar surface area (TPSA) is 35.0 Å². The molecule has 0 unspecified atom stereocenters. The van der Waals surface area contributed by atoms with Crippen LogP contribution in [0.15, 0.2) is 17.9 Å². The number of fused-ring (bicyclic) bond motifs is 1. The molecule has 0 aliphatic carbocycles. The molecule has 2 aromatic rings. The summed E-state index contributed by atoms with van der Waals surface area (Å²) < 4.78 is 6.15. The highest BCUT2D eigenvalue weighted by Crippen LogP contribution is 2.28. The number of hydrogen-bond donors (Lipinski definition) is 0. The molecule has 11 heavy (non-hydrogen) atoms. The number of hydrogen-bond acceptors (Lipinski definition) is 4.